The molecule has 4 aliphatic rings. The number of hydrogen-bond donors (Lipinski definition) is 2. The van der Waals surface area contributed by atoms with Crippen LogP contribution in [-0.4, -0.2) is 70.7 Å². The van der Waals surface area contributed by atoms with Crippen molar-refractivity contribution in [1.82, 2.24) is 4.90 Å². The molecule has 2 amide bonds. The average Bonchev–Trinajstić information content (AvgIpc) is 3.34. The van der Waals surface area contributed by atoms with Gasteiger partial charge in [-0.05, 0) is 32.1 Å². The van der Waals surface area contributed by atoms with Crippen LogP contribution in [0.4, 0.5) is 0 Å². The van der Waals surface area contributed by atoms with E-state index in [1.807, 2.05) is 0 Å². The molecule has 2 aliphatic carbocycles. The van der Waals surface area contributed by atoms with Crippen LogP contribution in [0.25, 0.3) is 0 Å². The number of imide groups is 1. The van der Waals surface area contributed by atoms with Crippen molar-refractivity contribution >= 4 is 17.5 Å². The quantitative estimate of drug-likeness (QED) is 0.285. The Labute approximate surface area is 176 Å². The van der Waals surface area contributed by atoms with Gasteiger partial charge in [-0.25, -0.2) is 0 Å². The standard InChI is InChI=1S/C22H30N2O6/c1-2-3-4-10-30-23-16-11-17(25)20(26)18-14(16)7-8-15-19(18)22(28)24(21(15)27)12-13-6-5-9-29-13/h1,13-15,17-20,25-26H,3-12H2/b23-16-/t13-,14-,15-,17+,18-,19+,20+/m0/s1. The van der Waals surface area contributed by atoms with E-state index in [1.165, 1.54) is 4.90 Å². The van der Waals surface area contributed by atoms with Gasteiger partial charge in [-0.3, -0.25) is 14.5 Å². The zero-order valence-electron chi connectivity index (χ0n) is 17.1. The van der Waals surface area contributed by atoms with Gasteiger partial charge in [-0.1, -0.05) is 5.16 Å². The fourth-order valence-electron chi connectivity index (χ4n) is 5.58. The second kappa shape index (κ2) is 9.04. The molecule has 164 valence electrons. The molecule has 0 spiro atoms. The summed E-state index contributed by atoms with van der Waals surface area (Å²) < 4.78 is 5.62. The van der Waals surface area contributed by atoms with Gasteiger partial charge >= 0.3 is 0 Å². The largest absolute Gasteiger partial charge is 0.396 e. The maximum atomic E-state index is 13.3. The fourth-order valence-corrected chi connectivity index (χ4v) is 5.58. The third-order valence-electron chi connectivity index (χ3n) is 7.02. The minimum Gasteiger partial charge on any atom is -0.396 e. The molecule has 0 unspecified atom stereocenters. The lowest BCUT2D eigenvalue weighted by Crippen LogP contribution is -2.54. The number of aliphatic hydroxyl groups is 2. The Bertz CT molecular complexity index is 740. The highest BCUT2D eigenvalue weighted by Crippen LogP contribution is 2.49. The number of aliphatic hydroxyl groups excluding tert-OH is 2. The normalized spacial score (nSPS) is 39.7. The van der Waals surface area contributed by atoms with Gasteiger partial charge in [-0.15, -0.1) is 12.3 Å². The number of rotatable bonds is 6. The lowest BCUT2D eigenvalue weighted by molar-refractivity contribution is -0.143. The molecule has 0 radical (unpaired) electrons. The third kappa shape index (κ3) is 3.86. The smallest absolute Gasteiger partial charge is 0.233 e. The molecule has 0 aromatic heterocycles. The number of hydrogen-bond acceptors (Lipinski definition) is 7. The van der Waals surface area contributed by atoms with E-state index >= 15 is 0 Å². The van der Waals surface area contributed by atoms with Gasteiger partial charge in [-0.2, -0.15) is 0 Å². The Kier molecular flexibility index (Phi) is 6.42. The van der Waals surface area contributed by atoms with E-state index < -0.39 is 30.0 Å². The molecule has 2 heterocycles. The predicted octanol–water partition coefficient (Wildman–Crippen LogP) is 0.704. The van der Waals surface area contributed by atoms with Crippen molar-refractivity contribution in [3.05, 3.63) is 0 Å². The van der Waals surface area contributed by atoms with Crippen LogP contribution in [0.3, 0.4) is 0 Å². The van der Waals surface area contributed by atoms with Gasteiger partial charge in [0, 0.05) is 31.3 Å². The molecular weight excluding hydrogens is 388 g/mol. The summed E-state index contributed by atoms with van der Waals surface area (Å²) in [4.78, 5) is 33.0. The van der Waals surface area contributed by atoms with E-state index in [4.69, 9.17) is 16.0 Å². The highest BCUT2D eigenvalue weighted by atomic mass is 16.6. The number of ether oxygens (including phenoxy) is 1. The van der Waals surface area contributed by atoms with Gasteiger partial charge in [0.15, 0.2) is 0 Å². The fraction of sp³-hybridized carbons (Fsp3) is 0.773. The molecule has 30 heavy (non-hydrogen) atoms. The zero-order valence-corrected chi connectivity index (χ0v) is 17.1. The summed E-state index contributed by atoms with van der Waals surface area (Å²) in [7, 11) is 0. The first kappa shape index (κ1) is 21.3. The molecule has 2 saturated heterocycles. The van der Waals surface area contributed by atoms with Crippen molar-refractivity contribution in [3.63, 3.8) is 0 Å². The maximum Gasteiger partial charge on any atom is 0.233 e. The van der Waals surface area contributed by atoms with Gasteiger partial charge in [0.05, 0.1) is 42.4 Å². The van der Waals surface area contributed by atoms with Crippen molar-refractivity contribution in [2.24, 2.45) is 28.8 Å². The first-order chi connectivity index (χ1) is 14.5. The number of oxime groups is 1. The van der Waals surface area contributed by atoms with E-state index in [0.717, 1.165) is 12.8 Å². The first-order valence-corrected chi connectivity index (χ1v) is 11.0. The van der Waals surface area contributed by atoms with Crippen LogP contribution >= 0.6 is 0 Å². The second-order valence-corrected chi connectivity index (χ2v) is 8.80. The van der Waals surface area contributed by atoms with E-state index in [-0.39, 0.29) is 36.8 Å². The van der Waals surface area contributed by atoms with Crippen LogP contribution in [0.15, 0.2) is 5.16 Å². The SMILES string of the molecule is C#CCCCO/N=C1/C[C@@H](O)[C@@H](O)[C@@H]2[C@@H]3C(=O)N(C[C@@H]4CCCO4)C(=O)[C@H]3CC[C@@H]12. The van der Waals surface area contributed by atoms with E-state index in [9.17, 15) is 19.8 Å². The van der Waals surface area contributed by atoms with Crippen LogP contribution in [0.1, 0.15) is 44.9 Å². The molecule has 0 aromatic rings. The minimum absolute atomic E-state index is 0.107. The number of carbonyl (C=O) groups is 2. The number of fused-ring (bicyclic) bond motifs is 3. The summed E-state index contributed by atoms with van der Waals surface area (Å²) in [6, 6.07) is 0. The zero-order chi connectivity index (χ0) is 21.3. The highest BCUT2D eigenvalue weighted by molar-refractivity contribution is 6.06. The molecule has 7 atom stereocenters. The number of likely N-dealkylation sites (tertiary alicyclic amines) is 1. The lowest BCUT2D eigenvalue weighted by Gasteiger charge is -2.45. The van der Waals surface area contributed by atoms with E-state index in [1.54, 1.807) is 0 Å². The van der Waals surface area contributed by atoms with Crippen molar-refractivity contribution < 1.29 is 29.4 Å². The highest BCUT2D eigenvalue weighted by Gasteiger charge is 2.59. The van der Waals surface area contributed by atoms with Crippen LogP contribution in [-0.2, 0) is 19.2 Å². The monoisotopic (exact) mass is 418 g/mol. The second-order valence-electron chi connectivity index (χ2n) is 8.80. The summed E-state index contributed by atoms with van der Waals surface area (Å²) in [6.07, 6.45) is 7.49. The van der Waals surface area contributed by atoms with Gasteiger partial charge in [0.25, 0.3) is 0 Å². The topological polar surface area (TPSA) is 109 Å². The summed E-state index contributed by atoms with van der Waals surface area (Å²) in [5, 5.41) is 25.5. The number of unbranched alkanes of at least 4 members (excludes halogenated alkanes) is 1. The summed E-state index contributed by atoms with van der Waals surface area (Å²) >= 11 is 0. The van der Waals surface area contributed by atoms with Gasteiger partial charge in [0.1, 0.15) is 6.61 Å². The third-order valence-corrected chi connectivity index (χ3v) is 7.02. The van der Waals surface area contributed by atoms with Crippen molar-refractivity contribution in [2.75, 3.05) is 19.8 Å². The Hall–Kier alpha value is -1.95. The number of terminal acetylenes is 1. The number of nitrogens with zero attached hydrogens (tertiary/aromatic N) is 2. The Morgan fingerprint density at radius 2 is 2.00 bits per heavy atom. The molecule has 0 aromatic carbocycles. The molecule has 2 aliphatic heterocycles. The molecule has 0 bridgehead atoms. The molecule has 8 heteroatoms. The summed E-state index contributed by atoms with van der Waals surface area (Å²) in [6.45, 7) is 1.31. The van der Waals surface area contributed by atoms with Crippen LogP contribution in [0, 0.1) is 36.0 Å². The molecule has 8 nitrogen and oxygen atoms in total. The Balaban J connectivity index is 1.52. The molecular formula is C22H30N2O6. The van der Waals surface area contributed by atoms with Crippen LogP contribution in [0.5, 0.6) is 0 Å². The van der Waals surface area contributed by atoms with Gasteiger partial charge < -0.3 is 19.8 Å². The molecule has 2 saturated carbocycles. The first-order valence-electron chi connectivity index (χ1n) is 11.0. The number of carbonyl (C=O) groups excluding carboxylic acids is 2. The minimum atomic E-state index is -1.07. The Morgan fingerprint density at radius 1 is 1.20 bits per heavy atom. The molecule has 2 N–H and O–H groups in total. The molecule has 4 rings (SSSR count). The van der Waals surface area contributed by atoms with Crippen molar-refractivity contribution in [2.45, 2.75) is 63.3 Å². The average molecular weight is 418 g/mol. The van der Waals surface area contributed by atoms with Crippen LogP contribution < -0.4 is 0 Å². The summed E-state index contributed by atoms with van der Waals surface area (Å²) in [5.41, 5.74) is 0.662. The number of amides is 2. The van der Waals surface area contributed by atoms with Gasteiger partial charge in [0.2, 0.25) is 11.8 Å². The van der Waals surface area contributed by atoms with E-state index in [0.29, 0.717) is 44.6 Å². The Morgan fingerprint density at radius 3 is 2.73 bits per heavy atom. The molecule has 4 fully saturated rings. The van der Waals surface area contributed by atoms with Crippen molar-refractivity contribution in [3.8, 4) is 12.3 Å². The van der Waals surface area contributed by atoms with E-state index in [2.05, 4.69) is 11.1 Å². The van der Waals surface area contributed by atoms with Crippen molar-refractivity contribution in [1.29, 1.82) is 0 Å². The van der Waals surface area contributed by atoms with Crippen LogP contribution in [0.2, 0.25) is 0 Å². The predicted molar refractivity (Wildman–Crippen MR) is 107 cm³/mol. The lowest BCUT2D eigenvalue weighted by atomic mass is 9.60. The maximum absolute atomic E-state index is 13.3. The summed E-state index contributed by atoms with van der Waals surface area (Å²) in [5.74, 6) is 0.325.